The molecule has 3 heteroatoms. The first-order chi connectivity index (χ1) is 6.63. The summed E-state index contributed by atoms with van der Waals surface area (Å²) in [5.74, 6) is 0.274. The van der Waals surface area contributed by atoms with Crippen molar-refractivity contribution in [2.75, 3.05) is 24.4 Å². The lowest BCUT2D eigenvalue weighted by molar-refractivity contribution is 0.205. The molecular formula is C11H16ClNO. The summed E-state index contributed by atoms with van der Waals surface area (Å²) in [6.07, 6.45) is -0.470. The van der Waals surface area contributed by atoms with Crippen molar-refractivity contribution in [3.63, 3.8) is 0 Å². The highest BCUT2D eigenvalue weighted by Gasteiger charge is 2.07. The zero-order valence-electron chi connectivity index (χ0n) is 8.57. The van der Waals surface area contributed by atoms with E-state index >= 15 is 0 Å². The summed E-state index contributed by atoms with van der Waals surface area (Å²) in [5, 5.41) is 9.39. The third-order valence-corrected chi connectivity index (χ3v) is 2.46. The van der Waals surface area contributed by atoms with E-state index in [0.29, 0.717) is 6.54 Å². The molecule has 0 aliphatic rings. The van der Waals surface area contributed by atoms with Crippen molar-refractivity contribution in [2.45, 2.75) is 13.0 Å². The average molecular weight is 214 g/mol. The van der Waals surface area contributed by atoms with Crippen molar-refractivity contribution >= 4 is 17.3 Å². The van der Waals surface area contributed by atoms with E-state index in [4.69, 9.17) is 11.6 Å². The molecule has 78 valence electrons. The molecule has 0 aliphatic carbocycles. The number of aliphatic hydroxyl groups excluding tert-OH is 1. The smallest absolute Gasteiger partial charge is 0.0849 e. The first-order valence-electron chi connectivity index (χ1n) is 4.65. The van der Waals surface area contributed by atoms with Gasteiger partial charge in [-0.25, -0.2) is 0 Å². The van der Waals surface area contributed by atoms with Crippen molar-refractivity contribution < 1.29 is 5.11 Å². The summed E-state index contributed by atoms with van der Waals surface area (Å²) < 4.78 is 0. The lowest BCUT2D eigenvalue weighted by Crippen LogP contribution is -2.29. The van der Waals surface area contributed by atoms with Crippen LogP contribution >= 0.6 is 11.6 Å². The van der Waals surface area contributed by atoms with Gasteiger partial charge in [-0.3, -0.25) is 0 Å². The maximum Gasteiger partial charge on any atom is 0.0849 e. The highest BCUT2D eigenvalue weighted by molar-refractivity contribution is 6.18. The largest absolute Gasteiger partial charge is 0.390 e. The van der Waals surface area contributed by atoms with Gasteiger partial charge < -0.3 is 10.0 Å². The van der Waals surface area contributed by atoms with E-state index in [0.717, 1.165) is 5.69 Å². The van der Waals surface area contributed by atoms with Crippen LogP contribution in [-0.2, 0) is 0 Å². The standard InChI is InChI=1S/C11H16ClNO/c1-9-4-3-5-10(6-9)13(2)8-11(14)7-12/h3-6,11,14H,7-8H2,1-2H3. The number of aryl methyl sites for hydroxylation is 1. The Bertz CT molecular complexity index is 290. The van der Waals surface area contributed by atoms with Crippen LogP contribution in [0.1, 0.15) is 5.56 Å². The van der Waals surface area contributed by atoms with Gasteiger partial charge in [0.25, 0.3) is 0 Å². The van der Waals surface area contributed by atoms with E-state index in [9.17, 15) is 5.11 Å². The molecule has 14 heavy (non-hydrogen) atoms. The van der Waals surface area contributed by atoms with Gasteiger partial charge in [0.2, 0.25) is 0 Å². The predicted octanol–water partition coefficient (Wildman–Crippen LogP) is 2.03. The first-order valence-corrected chi connectivity index (χ1v) is 5.18. The van der Waals surface area contributed by atoms with Crippen LogP contribution in [0.3, 0.4) is 0 Å². The van der Waals surface area contributed by atoms with E-state index in [-0.39, 0.29) is 5.88 Å². The Labute approximate surface area is 90.1 Å². The van der Waals surface area contributed by atoms with Crippen LogP contribution in [0.25, 0.3) is 0 Å². The number of hydrogen-bond acceptors (Lipinski definition) is 2. The zero-order chi connectivity index (χ0) is 10.6. The van der Waals surface area contributed by atoms with Crippen molar-refractivity contribution in [3.05, 3.63) is 29.8 Å². The van der Waals surface area contributed by atoms with Crippen molar-refractivity contribution in [3.8, 4) is 0 Å². The number of halogens is 1. The lowest BCUT2D eigenvalue weighted by Gasteiger charge is -2.21. The molecule has 0 spiro atoms. The Kier molecular flexibility index (Phi) is 4.23. The highest BCUT2D eigenvalue weighted by Crippen LogP contribution is 2.14. The van der Waals surface area contributed by atoms with Crippen LogP contribution in [0, 0.1) is 6.92 Å². The maximum atomic E-state index is 9.39. The number of benzene rings is 1. The molecule has 1 N–H and O–H groups in total. The van der Waals surface area contributed by atoms with Crippen LogP contribution in [0.4, 0.5) is 5.69 Å². The molecule has 1 aromatic carbocycles. The molecule has 0 radical (unpaired) electrons. The fraction of sp³-hybridized carbons (Fsp3) is 0.455. The van der Waals surface area contributed by atoms with Crippen LogP contribution in [0.2, 0.25) is 0 Å². The molecule has 0 aromatic heterocycles. The van der Waals surface area contributed by atoms with Gasteiger partial charge in [-0.15, -0.1) is 11.6 Å². The third kappa shape index (κ3) is 3.20. The van der Waals surface area contributed by atoms with Gasteiger partial charge in [0.1, 0.15) is 0 Å². The van der Waals surface area contributed by atoms with Crippen LogP contribution in [0.5, 0.6) is 0 Å². The van der Waals surface area contributed by atoms with E-state index in [1.54, 1.807) is 0 Å². The minimum absolute atomic E-state index is 0.274. The second-order valence-electron chi connectivity index (χ2n) is 3.53. The van der Waals surface area contributed by atoms with E-state index in [1.807, 2.05) is 24.1 Å². The maximum absolute atomic E-state index is 9.39. The predicted molar refractivity (Wildman–Crippen MR) is 61.2 cm³/mol. The van der Waals surface area contributed by atoms with Gasteiger partial charge in [0.05, 0.1) is 12.0 Å². The molecule has 1 rings (SSSR count). The monoisotopic (exact) mass is 213 g/mol. The van der Waals surface area contributed by atoms with Crippen LogP contribution in [-0.4, -0.2) is 30.7 Å². The Balaban J connectivity index is 2.64. The lowest BCUT2D eigenvalue weighted by atomic mass is 10.2. The molecule has 0 saturated heterocycles. The Morgan fingerprint density at radius 1 is 1.50 bits per heavy atom. The fourth-order valence-electron chi connectivity index (χ4n) is 1.34. The molecule has 0 bridgehead atoms. The average Bonchev–Trinajstić information content (AvgIpc) is 2.17. The first kappa shape index (κ1) is 11.3. The number of aliphatic hydroxyl groups is 1. The molecular weight excluding hydrogens is 198 g/mol. The summed E-state index contributed by atoms with van der Waals surface area (Å²) in [6, 6.07) is 8.17. The Hall–Kier alpha value is -0.730. The number of anilines is 1. The van der Waals surface area contributed by atoms with Gasteiger partial charge in [-0.1, -0.05) is 12.1 Å². The number of rotatable bonds is 4. The highest BCUT2D eigenvalue weighted by atomic mass is 35.5. The van der Waals surface area contributed by atoms with Gasteiger partial charge in [-0.2, -0.15) is 0 Å². The fourth-order valence-corrected chi connectivity index (χ4v) is 1.43. The normalized spacial score (nSPS) is 12.6. The minimum Gasteiger partial charge on any atom is -0.390 e. The molecule has 0 saturated carbocycles. The van der Waals surface area contributed by atoms with Crippen molar-refractivity contribution in [1.82, 2.24) is 0 Å². The Morgan fingerprint density at radius 2 is 2.21 bits per heavy atom. The summed E-state index contributed by atoms with van der Waals surface area (Å²) in [4.78, 5) is 2.00. The topological polar surface area (TPSA) is 23.5 Å². The summed E-state index contributed by atoms with van der Waals surface area (Å²) in [7, 11) is 1.95. The van der Waals surface area contributed by atoms with Crippen LogP contribution in [0.15, 0.2) is 24.3 Å². The zero-order valence-corrected chi connectivity index (χ0v) is 9.33. The number of nitrogens with zero attached hydrogens (tertiary/aromatic N) is 1. The second kappa shape index (κ2) is 5.23. The SMILES string of the molecule is Cc1cccc(N(C)CC(O)CCl)c1. The van der Waals surface area contributed by atoms with Crippen LogP contribution < -0.4 is 4.90 Å². The van der Waals surface area contributed by atoms with Crippen molar-refractivity contribution in [1.29, 1.82) is 0 Å². The van der Waals surface area contributed by atoms with E-state index < -0.39 is 6.10 Å². The molecule has 1 unspecified atom stereocenters. The molecule has 0 amide bonds. The second-order valence-corrected chi connectivity index (χ2v) is 3.84. The summed E-state index contributed by atoms with van der Waals surface area (Å²) in [6.45, 7) is 2.61. The molecule has 0 heterocycles. The van der Waals surface area contributed by atoms with E-state index in [2.05, 4.69) is 19.1 Å². The summed E-state index contributed by atoms with van der Waals surface area (Å²) >= 11 is 5.54. The minimum atomic E-state index is -0.470. The number of alkyl halides is 1. The summed E-state index contributed by atoms with van der Waals surface area (Å²) in [5.41, 5.74) is 2.32. The Morgan fingerprint density at radius 3 is 2.79 bits per heavy atom. The third-order valence-electron chi connectivity index (χ3n) is 2.11. The van der Waals surface area contributed by atoms with Crippen molar-refractivity contribution in [2.24, 2.45) is 0 Å². The molecule has 1 aromatic rings. The van der Waals surface area contributed by atoms with Gasteiger partial charge in [0.15, 0.2) is 0 Å². The van der Waals surface area contributed by atoms with E-state index in [1.165, 1.54) is 5.56 Å². The molecule has 0 fully saturated rings. The molecule has 0 aliphatic heterocycles. The van der Waals surface area contributed by atoms with Gasteiger partial charge >= 0.3 is 0 Å². The number of hydrogen-bond donors (Lipinski definition) is 1. The number of likely N-dealkylation sites (N-methyl/N-ethyl adjacent to an activating group) is 1. The quantitative estimate of drug-likeness (QED) is 0.774. The van der Waals surface area contributed by atoms with Gasteiger partial charge in [-0.05, 0) is 24.6 Å². The molecule has 1 atom stereocenters. The molecule has 2 nitrogen and oxygen atoms in total. The van der Waals surface area contributed by atoms with Gasteiger partial charge in [0, 0.05) is 19.3 Å².